The molecular formula is C22H20ClF3N4OS. The molecule has 3 aromatic rings. The Morgan fingerprint density at radius 1 is 1.09 bits per heavy atom. The van der Waals surface area contributed by atoms with Crippen LogP contribution in [0.1, 0.15) is 11.3 Å². The number of halogens is 4. The van der Waals surface area contributed by atoms with E-state index in [9.17, 15) is 18.0 Å². The molecule has 0 spiro atoms. The number of carbonyl (C=O) groups is 1. The molecule has 4 rings (SSSR count). The molecule has 168 valence electrons. The van der Waals surface area contributed by atoms with Crippen LogP contribution in [-0.4, -0.2) is 42.0 Å². The lowest BCUT2D eigenvalue weighted by molar-refractivity contribution is -0.137. The third-order valence-corrected chi connectivity index (χ3v) is 6.17. The number of nitrogens with zero attached hydrogens (tertiary/aromatic N) is 3. The van der Waals surface area contributed by atoms with E-state index in [4.69, 9.17) is 11.6 Å². The van der Waals surface area contributed by atoms with Crippen molar-refractivity contribution < 1.29 is 18.0 Å². The van der Waals surface area contributed by atoms with Gasteiger partial charge in [0.2, 0.25) is 5.91 Å². The fraction of sp³-hybridized carbons (Fsp3) is 0.273. The molecule has 1 amide bonds. The third kappa shape index (κ3) is 5.52. The minimum atomic E-state index is -4.41. The smallest absolute Gasteiger partial charge is 0.368 e. The molecule has 0 radical (unpaired) electrons. The van der Waals surface area contributed by atoms with E-state index in [1.165, 1.54) is 17.4 Å². The zero-order valence-electron chi connectivity index (χ0n) is 16.9. The van der Waals surface area contributed by atoms with E-state index < -0.39 is 11.7 Å². The normalized spacial score (nSPS) is 14.5. The van der Waals surface area contributed by atoms with Crippen molar-refractivity contribution in [3.05, 3.63) is 70.2 Å². The second-order valence-electron chi connectivity index (χ2n) is 7.37. The Labute approximate surface area is 192 Å². The van der Waals surface area contributed by atoms with Gasteiger partial charge in [0.15, 0.2) is 5.13 Å². The number of anilines is 3. The van der Waals surface area contributed by atoms with E-state index in [-0.39, 0.29) is 12.3 Å². The van der Waals surface area contributed by atoms with E-state index in [0.29, 0.717) is 47.7 Å². The van der Waals surface area contributed by atoms with Crippen LogP contribution < -0.4 is 10.2 Å². The van der Waals surface area contributed by atoms with Crippen molar-refractivity contribution in [2.24, 2.45) is 0 Å². The number of carbonyl (C=O) groups excluding carboxylic acids is 1. The zero-order valence-corrected chi connectivity index (χ0v) is 18.5. The topological polar surface area (TPSA) is 48.5 Å². The largest absolute Gasteiger partial charge is 0.416 e. The first-order chi connectivity index (χ1) is 15.3. The van der Waals surface area contributed by atoms with Gasteiger partial charge in [0.25, 0.3) is 0 Å². The summed E-state index contributed by atoms with van der Waals surface area (Å²) >= 11 is 7.31. The molecule has 0 unspecified atom stereocenters. The third-order valence-electron chi connectivity index (χ3n) is 5.13. The number of alkyl halides is 3. The molecule has 0 aliphatic carbocycles. The summed E-state index contributed by atoms with van der Waals surface area (Å²) in [5, 5.41) is 5.75. The number of piperazine rings is 1. The molecule has 1 fully saturated rings. The minimum absolute atomic E-state index is 0.0216. The maximum atomic E-state index is 12.9. The van der Waals surface area contributed by atoms with Gasteiger partial charge in [-0.1, -0.05) is 23.7 Å². The SMILES string of the molecule is O=C(Cc1csc(Nc2cccc(C(F)(F)F)c2)n1)N1CCN(c2cccc(Cl)c2)CC1. The summed E-state index contributed by atoms with van der Waals surface area (Å²) < 4.78 is 38.6. The first-order valence-corrected chi connectivity index (χ1v) is 11.2. The molecule has 0 bridgehead atoms. The number of rotatable bonds is 5. The van der Waals surface area contributed by atoms with Crippen molar-refractivity contribution in [2.75, 3.05) is 36.4 Å². The maximum Gasteiger partial charge on any atom is 0.416 e. The van der Waals surface area contributed by atoms with Gasteiger partial charge in [-0.3, -0.25) is 4.79 Å². The second kappa shape index (κ2) is 9.38. The number of aromatic nitrogens is 1. The highest BCUT2D eigenvalue weighted by atomic mass is 35.5. The van der Waals surface area contributed by atoms with Crippen LogP contribution in [0.2, 0.25) is 5.02 Å². The molecule has 10 heteroatoms. The van der Waals surface area contributed by atoms with Gasteiger partial charge < -0.3 is 15.1 Å². The summed E-state index contributed by atoms with van der Waals surface area (Å²) in [6.07, 6.45) is -4.26. The van der Waals surface area contributed by atoms with Crippen molar-refractivity contribution >= 4 is 45.4 Å². The van der Waals surface area contributed by atoms with Crippen molar-refractivity contribution in [1.29, 1.82) is 0 Å². The molecule has 1 aliphatic heterocycles. The van der Waals surface area contributed by atoms with Crippen LogP contribution in [0.4, 0.5) is 29.7 Å². The lowest BCUT2D eigenvalue weighted by Crippen LogP contribution is -2.49. The van der Waals surface area contributed by atoms with Crippen molar-refractivity contribution in [3.63, 3.8) is 0 Å². The van der Waals surface area contributed by atoms with Gasteiger partial charge in [0, 0.05) is 48.0 Å². The quantitative estimate of drug-likeness (QED) is 0.527. The summed E-state index contributed by atoms with van der Waals surface area (Å²) in [5.74, 6) is -0.0216. The molecule has 5 nitrogen and oxygen atoms in total. The van der Waals surface area contributed by atoms with E-state index in [1.54, 1.807) is 16.3 Å². The Morgan fingerprint density at radius 3 is 2.56 bits per heavy atom. The standard InChI is InChI=1S/C22H20ClF3N4OS/c23-16-4-2-6-19(12-16)29-7-9-30(10-8-29)20(31)13-18-14-32-21(28-18)27-17-5-1-3-15(11-17)22(24,25)26/h1-6,11-12,14H,7-10,13H2,(H,27,28). The number of hydrogen-bond donors (Lipinski definition) is 1. The van der Waals surface area contributed by atoms with Gasteiger partial charge in [-0.15, -0.1) is 11.3 Å². The number of hydrogen-bond acceptors (Lipinski definition) is 5. The van der Waals surface area contributed by atoms with Crippen molar-refractivity contribution in [3.8, 4) is 0 Å². The Morgan fingerprint density at radius 2 is 1.84 bits per heavy atom. The first kappa shape index (κ1) is 22.4. The Balaban J connectivity index is 1.32. The predicted octanol–water partition coefficient (Wildman–Crippen LogP) is 5.45. The Bertz CT molecular complexity index is 1100. The molecule has 0 atom stereocenters. The highest BCUT2D eigenvalue weighted by molar-refractivity contribution is 7.13. The molecule has 1 aliphatic rings. The van der Waals surface area contributed by atoms with Crippen LogP contribution in [0.5, 0.6) is 0 Å². The first-order valence-electron chi connectivity index (χ1n) is 9.95. The molecule has 1 aromatic heterocycles. The maximum absolute atomic E-state index is 12.9. The van der Waals surface area contributed by atoms with Crippen LogP contribution in [0, 0.1) is 0 Å². The van der Waals surface area contributed by atoms with Crippen LogP contribution >= 0.6 is 22.9 Å². The number of benzene rings is 2. The van der Waals surface area contributed by atoms with E-state index >= 15 is 0 Å². The molecule has 1 N–H and O–H groups in total. The fourth-order valence-corrected chi connectivity index (χ4v) is 4.41. The fourth-order valence-electron chi connectivity index (χ4n) is 3.50. The van der Waals surface area contributed by atoms with Gasteiger partial charge in [-0.25, -0.2) is 4.98 Å². The summed E-state index contributed by atoms with van der Waals surface area (Å²) in [6.45, 7) is 2.63. The average Bonchev–Trinajstić information content (AvgIpc) is 3.20. The van der Waals surface area contributed by atoms with Crippen molar-refractivity contribution in [2.45, 2.75) is 12.6 Å². The summed E-state index contributed by atoms with van der Waals surface area (Å²) in [4.78, 5) is 21.0. The van der Waals surface area contributed by atoms with E-state index in [1.807, 2.05) is 24.3 Å². The molecular weight excluding hydrogens is 461 g/mol. The van der Waals surface area contributed by atoms with Gasteiger partial charge in [0.1, 0.15) is 0 Å². The summed E-state index contributed by atoms with van der Waals surface area (Å²) in [5.41, 5.74) is 1.19. The summed E-state index contributed by atoms with van der Waals surface area (Å²) in [7, 11) is 0. The molecule has 0 saturated carbocycles. The van der Waals surface area contributed by atoms with Gasteiger partial charge >= 0.3 is 6.18 Å². The van der Waals surface area contributed by atoms with Crippen LogP contribution in [-0.2, 0) is 17.4 Å². The second-order valence-corrected chi connectivity index (χ2v) is 8.67. The monoisotopic (exact) mass is 480 g/mol. The van der Waals surface area contributed by atoms with Crippen LogP contribution in [0.3, 0.4) is 0 Å². The molecule has 32 heavy (non-hydrogen) atoms. The molecule has 2 heterocycles. The number of nitrogens with one attached hydrogen (secondary N) is 1. The molecule has 2 aromatic carbocycles. The van der Waals surface area contributed by atoms with Gasteiger partial charge in [-0.2, -0.15) is 13.2 Å². The highest BCUT2D eigenvalue weighted by Crippen LogP contribution is 2.32. The lowest BCUT2D eigenvalue weighted by atomic mass is 10.2. The Kier molecular flexibility index (Phi) is 6.57. The van der Waals surface area contributed by atoms with Gasteiger partial charge in [0.05, 0.1) is 17.7 Å². The van der Waals surface area contributed by atoms with Gasteiger partial charge in [-0.05, 0) is 36.4 Å². The average molecular weight is 481 g/mol. The molecule has 1 saturated heterocycles. The predicted molar refractivity (Wildman–Crippen MR) is 121 cm³/mol. The van der Waals surface area contributed by atoms with E-state index in [2.05, 4.69) is 15.2 Å². The highest BCUT2D eigenvalue weighted by Gasteiger charge is 2.30. The van der Waals surface area contributed by atoms with E-state index in [0.717, 1.165) is 17.8 Å². The Hall–Kier alpha value is -2.78. The van der Waals surface area contributed by atoms with Crippen molar-refractivity contribution in [1.82, 2.24) is 9.88 Å². The van der Waals surface area contributed by atoms with Crippen LogP contribution in [0.25, 0.3) is 0 Å². The minimum Gasteiger partial charge on any atom is -0.368 e. The lowest BCUT2D eigenvalue weighted by Gasteiger charge is -2.36. The number of thiazole rings is 1. The van der Waals surface area contributed by atoms with Crippen LogP contribution in [0.15, 0.2) is 53.9 Å². The zero-order chi connectivity index (χ0) is 22.7. The summed E-state index contributed by atoms with van der Waals surface area (Å²) in [6, 6.07) is 12.6. The number of amides is 1.